The van der Waals surface area contributed by atoms with Gasteiger partial charge in [0.15, 0.2) is 0 Å². The van der Waals surface area contributed by atoms with Crippen LogP contribution in [0.5, 0.6) is 5.75 Å². The summed E-state index contributed by atoms with van der Waals surface area (Å²) in [7, 11) is 1.62. The zero-order valence-corrected chi connectivity index (χ0v) is 13.7. The number of likely N-dealkylation sites (tertiary alicyclic amines) is 1. The standard InChI is InChI=1S/C15H21BrN2O2/c1-4-11-6-5-10(2)18(11)15(19)17-14-9-12(20-3)7-8-13(14)16/h7-11H,4-6H2,1-3H3,(H,17,19)/t10-,11+/m1/s1. The summed E-state index contributed by atoms with van der Waals surface area (Å²) < 4.78 is 6.05. The molecule has 0 aromatic heterocycles. The van der Waals surface area contributed by atoms with Crippen LogP contribution in [0.15, 0.2) is 22.7 Å². The Balaban J connectivity index is 2.15. The first kappa shape index (κ1) is 15.2. The molecule has 20 heavy (non-hydrogen) atoms. The molecule has 1 N–H and O–H groups in total. The number of nitrogens with one attached hydrogen (secondary N) is 1. The van der Waals surface area contributed by atoms with Gasteiger partial charge in [0.1, 0.15) is 5.75 Å². The van der Waals surface area contributed by atoms with Gasteiger partial charge < -0.3 is 15.0 Å². The lowest BCUT2D eigenvalue weighted by molar-refractivity contribution is 0.188. The van der Waals surface area contributed by atoms with Crippen molar-refractivity contribution in [2.45, 2.75) is 45.2 Å². The van der Waals surface area contributed by atoms with E-state index in [1.54, 1.807) is 7.11 Å². The van der Waals surface area contributed by atoms with Crippen LogP contribution in [0.1, 0.15) is 33.1 Å². The van der Waals surface area contributed by atoms with E-state index >= 15 is 0 Å². The van der Waals surface area contributed by atoms with Gasteiger partial charge >= 0.3 is 6.03 Å². The molecule has 5 heteroatoms. The summed E-state index contributed by atoms with van der Waals surface area (Å²) in [5.41, 5.74) is 0.739. The number of amides is 2. The molecule has 2 rings (SSSR count). The van der Waals surface area contributed by atoms with Crippen molar-refractivity contribution in [3.8, 4) is 5.75 Å². The van der Waals surface area contributed by atoms with Crippen LogP contribution in [-0.2, 0) is 0 Å². The van der Waals surface area contributed by atoms with E-state index in [0.717, 1.165) is 35.2 Å². The quantitative estimate of drug-likeness (QED) is 0.893. The van der Waals surface area contributed by atoms with E-state index in [1.807, 2.05) is 23.1 Å². The van der Waals surface area contributed by atoms with Crippen molar-refractivity contribution >= 4 is 27.6 Å². The second-order valence-electron chi connectivity index (χ2n) is 5.17. The van der Waals surface area contributed by atoms with Crippen LogP contribution in [0.3, 0.4) is 0 Å². The number of carbonyl (C=O) groups is 1. The van der Waals surface area contributed by atoms with E-state index in [-0.39, 0.29) is 6.03 Å². The van der Waals surface area contributed by atoms with Crippen LogP contribution < -0.4 is 10.1 Å². The summed E-state index contributed by atoms with van der Waals surface area (Å²) >= 11 is 3.46. The van der Waals surface area contributed by atoms with Gasteiger partial charge in [-0.05, 0) is 54.2 Å². The Bertz CT molecular complexity index is 493. The maximum Gasteiger partial charge on any atom is 0.322 e. The molecule has 2 atom stereocenters. The van der Waals surface area contributed by atoms with Crippen LogP contribution in [0.4, 0.5) is 10.5 Å². The van der Waals surface area contributed by atoms with Crippen molar-refractivity contribution in [2.75, 3.05) is 12.4 Å². The number of nitrogens with zero attached hydrogens (tertiary/aromatic N) is 1. The van der Waals surface area contributed by atoms with Gasteiger partial charge in [0.2, 0.25) is 0 Å². The number of hydrogen-bond acceptors (Lipinski definition) is 2. The van der Waals surface area contributed by atoms with Gasteiger partial charge in [0.05, 0.1) is 12.8 Å². The lowest BCUT2D eigenvalue weighted by Crippen LogP contribution is -2.42. The van der Waals surface area contributed by atoms with E-state index in [4.69, 9.17) is 4.74 Å². The molecule has 0 bridgehead atoms. The van der Waals surface area contributed by atoms with Crippen molar-refractivity contribution < 1.29 is 9.53 Å². The molecule has 1 aromatic rings. The number of methoxy groups -OCH3 is 1. The molecule has 0 aliphatic carbocycles. The van der Waals surface area contributed by atoms with Crippen molar-refractivity contribution in [3.05, 3.63) is 22.7 Å². The average Bonchev–Trinajstić information content (AvgIpc) is 2.82. The molecule has 0 unspecified atom stereocenters. The van der Waals surface area contributed by atoms with Gasteiger partial charge in [-0.3, -0.25) is 0 Å². The molecule has 0 saturated carbocycles. The molecule has 1 fully saturated rings. The zero-order valence-electron chi connectivity index (χ0n) is 12.1. The summed E-state index contributed by atoms with van der Waals surface area (Å²) in [5.74, 6) is 0.727. The van der Waals surface area contributed by atoms with E-state index in [9.17, 15) is 4.79 Å². The molecular formula is C15H21BrN2O2. The molecule has 0 radical (unpaired) electrons. The van der Waals surface area contributed by atoms with Gasteiger partial charge in [-0.1, -0.05) is 6.92 Å². The topological polar surface area (TPSA) is 41.6 Å². The highest BCUT2D eigenvalue weighted by molar-refractivity contribution is 9.10. The molecular weight excluding hydrogens is 320 g/mol. The summed E-state index contributed by atoms with van der Waals surface area (Å²) in [6, 6.07) is 6.16. The third-order valence-electron chi connectivity index (χ3n) is 3.91. The fourth-order valence-corrected chi connectivity index (χ4v) is 3.09. The highest BCUT2D eigenvalue weighted by atomic mass is 79.9. The van der Waals surface area contributed by atoms with Crippen LogP contribution in [0.25, 0.3) is 0 Å². The fraction of sp³-hybridized carbons (Fsp3) is 0.533. The second kappa shape index (κ2) is 6.48. The minimum Gasteiger partial charge on any atom is -0.497 e. The Morgan fingerprint density at radius 3 is 2.90 bits per heavy atom. The minimum absolute atomic E-state index is 0.0317. The highest BCUT2D eigenvalue weighted by Gasteiger charge is 2.33. The van der Waals surface area contributed by atoms with Crippen molar-refractivity contribution in [1.82, 2.24) is 4.90 Å². The summed E-state index contributed by atoms with van der Waals surface area (Å²) in [6.07, 6.45) is 3.16. The first-order valence-electron chi connectivity index (χ1n) is 6.99. The number of halogens is 1. The van der Waals surface area contributed by atoms with E-state index in [2.05, 4.69) is 35.1 Å². The highest BCUT2D eigenvalue weighted by Crippen LogP contribution is 2.30. The predicted molar refractivity (Wildman–Crippen MR) is 84.3 cm³/mol. The van der Waals surface area contributed by atoms with Crippen LogP contribution in [-0.4, -0.2) is 30.1 Å². The smallest absolute Gasteiger partial charge is 0.322 e. The van der Waals surface area contributed by atoms with E-state index < -0.39 is 0 Å². The molecule has 1 aromatic carbocycles. The number of carbonyl (C=O) groups excluding carboxylic acids is 1. The Kier molecular flexibility index (Phi) is 4.91. The second-order valence-corrected chi connectivity index (χ2v) is 6.03. The maximum absolute atomic E-state index is 12.5. The van der Waals surface area contributed by atoms with Crippen molar-refractivity contribution in [3.63, 3.8) is 0 Å². The Labute approximate surface area is 128 Å². The molecule has 1 heterocycles. The zero-order chi connectivity index (χ0) is 14.7. The molecule has 110 valence electrons. The first-order chi connectivity index (χ1) is 9.56. The number of benzene rings is 1. The molecule has 2 amide bonds. The maximum atomic E-state index is 12.5. The Hall–Kier alpha value is -1.23. The molecule has 1 aliphatic heterocycles. The lowest BCUT2D eigenvalue weighted by atomic mass is 10.2. The van der Waals surface area contributed by atoms with Crippen LogP contribution >= 0.6 is 15.9 Å². The largest absolute Gasteiger partial charge is 0.497 e. The molecule has 1 aliphatic rings. The third kappa shape index (κ3) is 3.08. The molecule has 1 saturated heterocycles. The summed E-state index contributed by atoms with van der Waals surface area (Å²) in [6.45, 7) is 4.24. The number of urea groups is 1. The number of anilines is 1. The molecule has 0 spiro atoms. The number of ether oxygens (including phenoxy) is 1. The third-order valence-corrected chi connectivity index (χ3v) is 4.60. The normalized spacial score (nSPS) is 21.9. The van der Waals surface area contributed by atoms with Gasteiger partial charge in [0, 0.05) is 22.6 Å². The van der Waals surface area contributed by atoms with Gasteiger partial charge in [0.25, 0.3) is 0 Å². The van der Waals surface area contributed by atoms with Gasteiger partial charge in [-0.25, -0.2) is 4.79 Å². The summed E-state index contributed by atoms with van der Waals surface area (Å²) in [4.78, 5) is 14.5. The molecule has 4 nitrogen and oxygen atoms in total. The predicted octanol–water partition coefficient (Wildman–Crippen LogP) is 4.25. The van der Waals surface area contributed by atoms with Crippen LogP contribution in [0.2, 0.25) is 0 Å². The van der Waals surface area contributed by atoms with Gasteiger partial charge in [-0.15, -0.1) is 0 Å². The number of hydrogen-bond donors (Lipinski definition) is 1. The lowest BCUT2D eigenvalue weighted by Gasteiger charge is -2.28. The monoisotopic (exact) mass is 340 g/mol. The van der Waals surface area contributed by atoms with Crippen molar-refractivity contribution in [2.24, 2.45) is 0 Å². The van der Waals surface area contributed by atoms with E-state index in [1.165, 1.54) is 0 Å². The summed E-state index contributed by atoms with van der Waals surface area (Å²) in [5, 5.41) is 2.98. The average molecular weight is 341 g/mol. The van der Waals surface area contributed by atoms with Crippen molar-refractivity contribution in [1.29, 1.82) is 0 Å². The minimum atomic E-state index is -0.0317. The van der Waals surface area contributed by atoms with Crippen LogP contribution in [0, 0.1) is 0 Å². The Morgan fingerprint density at radius 2 is 2.25 bits per heavy atom. The van der Waals surface area contributed by atoms with Gasteiger partial charge in [-0.2, -0.15) is 0 Å². The van der Waals surface area contributed by atoms with E-state index in [0.29, 0.717) is 12.1 Å². The Morgan fingerprint density at radius 1 is 1.50 bits per heavy atom. The fourth-order valence-electron chi connectivity index (χ4n) is 2.75. The number of rotatable bonds is 3. The SMILES string of the molecule is CC[C@H]1CC[C@@H](C)N1C(=O)Nc1cc(OC)ccc1Br. The first-order valence-corrected chi connectivity index (χ1v) is 7.79.